The molecule has 1 fully saturated rings. The lowest BCUT2D eigenvalue weighted by Gasteiger charge is -2.32. The Kier molecular flexibility index (Phi) is 7.63. The summed E-state index contributed by atoms with van der Waals surface area (Å²) in [4.78, 5) is 16.2. The maximum absolute atomic E-state index is 13.0. The molecule has 0 unspecified atom stereocenters. The Hall–Kier alpha value is -2.77. The first-order valence-corrected chi connectivity index (χ1v) is 14.1. The predicted molar refractivity (Wildman–Crippen MR) is 139 cm³/mol. The van der Waals surface area contributed by atoms with Crippen molar-refractivity contribution in [3.63, 3.8) is 0 Å². The normalized spacial score (nSPS) is 14.7. The second kappa shape index (κ2) is 10.7. The van der Waals surface area contributed by atoms with Crippen LogP contribution in [0.3, 0.4) is 0 Å². The predicted octanol–water partition coefficient (Wildman–Crippen LogP) is 5.33. The highest BCUT2D eigenvalue weighted by molar-refractivity contribution is 7.98. The Morgan fingerprint density at radius 1 is 0.941 bits per heavy atom. The number of anilines is 1. The summed E-state index contributed by atoms with van der Waals surface area (Å²) in [5.74, 6) is 0.598. The van der Waals surface area contributed by atoms with E-state index < -0.39 is 10.0 Å². The molecule has 0 aliphatic carbocycles. The standard InChI is InChI=1S/C27H30N2O3S2/c1-28(34(31,32)26-14-12-25(33-2)13-15-26)24-10-8-23(9-11-24)27(30)29-18-16-22(17-19-29)20-21-6-4-3-5-7-21/h3-15,22H,16-20H2,1-2H3. The monoisotopic (exact) mass is 494 g/mol. The van der Waals surface area contributed by atoms with Gasteiger partial charge in [-0.1, -0.05) is 30.3 Å². The van der Waals surface area contributed by atoms with Crippen molar-refractivity contribution >= 4 is 33.4 Å². The van der Waals surface area contributed by atoms with Crippen LogP contribution >= 0.6 is 11.8 Å². The third-order valence-corrected chi connectivity index (χ3v) is 9.01. The van der Waals surface area contributed by atoms with Crippen LogP contribution in [0.5, 0.6) is 0 Å². The molecule has 1 heterocycles. The Morgan fingerprint density at radius 2 is 1.56 bits per heavy atom. The molecule has 0 bridgehead atoms. The molecule has 0 aromatic heterocycles. The number of carbonyl (C=O) groups excluding carboxylic acids is 1. The fraction of sp³-hybridized carbons (Fsp3) is 0.296. The lowest BCUT2D eigenvalue weighted by Crippen LogP contribution is -2.38. The minimum atomic E-state index is -3.67. The van der Waals surface area contributed by atoms with Gasteiger partial charge in [-0.25, -0.2) is 8.42 Å². The molecule has 1 aliphatic rings. The molecular weight excluding hydrogens is 464 g/mol. The molecule has 1 aliphatic heterocycles. The summed E-state index contributed by atoms with van der Waals surface area (Å²) in [7, 11) is -2.14. The van der Waals surface area contributed by atoms with Gasteiger partial charge in [0.15, 0.2) is 0 Å². The highest BCUT2D eigenvalue weighted by Crippen LogP contribution is 2.26. The zero-order chi connectivity index (χ0) is 24.1. The number of thioether (sulfide) groups is 1. The first-order valence-electron chi connectivity index (χ1n) is 11.4. The van der Waals surface area contributed by atoms with Gasteiger partial charge in [-0.2, -0.15) is 0 Å². The summed E-state index contributed by atoms with van der Waals surface area (Å²) in [5, 5.41) is 0. The number of benzene rings is 3. The molecule has 34 heavy (non-hydrogen) atoms. The van der Waals surface area contributed by atoms with E-state index in [2.05, 4.69) is 24.3 Å². The first kappa shape index (κ1) is 24.4. The van der Waals surface area contributed by atoms with E-state index in [1.807, 2.05) is 17.2 Å². The number of carbonyl (C=O) groups is 1. The molecule has 0 spiro atoms. The summed E-state index contributed by atoms with van der Waals surface area (Å²) >= 11 is 1.56. The van der Waals surface area contributed by atoms with Crippen LogP contribution in [0.25, 0.3) is 0 Å². The van der Waals surface area contributed by atoms with Crippen molar-refractivity contribution in [1.82, 2.24) is 4.90 Å². The third-order valence-electron chi connectivity index (χ3n) is 6.46. The molecule has 178 valence electrons. The van der Waals surface area contributed by atoms with Gasteiger partial charge in [0.05, 0.1) is 10.6 Å². The highest BCUT2D eigenvalue weighted by atomic mass is 32.2. The molecule has 4 rings (SSSR count). The Morgan fingerprint density at radius 3 is 2.15 bits per heavy atom. The molecule has 0 N–H and O–H groups in total. The third kappa shape index (κ3) is 5.47. The topological polar surface area (TPSA) is 57.7 Å². The summed E-state index contributed by atoms with van der Waals surface area (Å²) < 4.78 is 27.3. The van der Waals surface area contributed by atoms with Crippen LogP contribution in [0.1, 0.15) is 28.8 Å². The number of piperidine rings is 1. The smallest absolute Gasteiger partial charge is 0.264 e. The van der Waals surface area contributed by atoms with Gasteiger partial charge in [-0.15, -0.1) is 11.8 Å². The van der Waals surface area contributed by atoms with E-state index in [0.29, 0.717) is 17.2 Å². The quantitative estimate of drug-likeness (QED) is 0.417. The molecule has 7 heteroatoms. The molecule has 1 saturated heterocycles. The highest BCUT2D eigenvalue weighted by Gasteiger charge is 2.25. The molecule has 3 aromatic rings. The number of hydrogen-bond acceptors (Lipinski definition) is 4. The second-order valence-corrected chi connectivity index (χ2v) is 11.5. The number of hydrogen-bond donors (Lipinski definition) is 0. The van der Waals surface area contributed by atoms with Crippen LogP contribution in [0.2, 0.25) is 0 Å². The maximum Gasteiger partial charge on any atom is 0.264 e. The van der Waals surface area contributed by atoms with Crippen molar-refractivity contribution in [3.8, 4) is 0 Å². The molecular formula is C27H30N2O3S2. The van der Waals surface area contributed by atoms with E-state index >= 15 is 0 Å². The van der Waals surface area contributed by atoms with Gasteiger partial charge in [0.2, 0.25) is 0 Å². The summed E-state index contributed by atoms with van der Waals surface area (Å²) in [5.41, 5.74) is 2.45. The summed E-state index contributed by atoms with van der Waals surface area (Å²) in [6.45, 7) is 1.50. The van der Waals surface area contributed by atoms with Crippen LogP contribution in [-0.2, 0) is 16.4 Å². The number of rotatable bonds is 7. The average molecular weight is 495 g/mol. The fourth-order valence-electron chi connectivity index (χ4n) is 4.33. The van der Waals surface area contributed by atoms with Gasteiger partial charge in [0.25, 0.3) is 15.9 Å². The molecule has 3 aromatic carbocycles. The summed E-state index contributed by atoms with van der Waals surface area (Å²) in [6, 6.07) is 24.2. The van der Waals surface area contributed by atoms with Gasteiger partial charge >= 0.3 is 0 Å². The van der Waals surface area contributed by atoms with Crippen LogP contribution in [-0.4, -0.2) is 45.6 Å². The van der Waals surface area contributed by atoms with Gasteiger partial charge < -0.3 is 4.90 Å². The van der Waals surface area contributed by atoms with Gasteiger partial charge in [0.1, 0.15) is 0 Å². The van der Waals surface area contributed by atoms with E-state index in [9.17, 15) is 13.2 Å². The van der Waals surface area contributed by atoms with Crippen molar-refractivity contribution in [3.05, 3.63) is 90.0 Å². The zero-order valence-corrected chi connectivity index (χ0v) is 21.2. The minimum absolute atomic E-state index is 0.00266. The van der Waals surface area contributed by atoms with E-state index in [4.69, 9.17) is 0 Å². The molecule has 0 atom stereocenters. The van der Waals surface area contributed by atoms with Gasteiger partial charge in [-0.05, 0) is 85.5 Å². The molecule has 5 nitrogen and oxygen atoms in total. The van der Waals surface area contributed by atoms with Crippen molar-refractivity contribution in [2.45, 2.75) is 29.1 Å². The SMILES string of the molecule is CSc1ccc(S(=O)(=O)N(C)c2ccc(C(=O)N3CCC(Cc4ccccc4)CC3)cc2)cc1. The van der Waals surface area contributed by atoms with Gasteiger partial charge in [0, 0.05) is 30.6 Å². The van der Waals surface area contributed by atoms with Crippen LogP contribution in [0, 0.1) is 5.92 Å². The zero-order valence-electron chi connectivity index (χ0n) is 19.6. The average Bonchev–Trinajstić information content (AvgIpc) is 2.89. The van der Waals surface area contributed by atoms with Crippen molar-refractivity contribution in [2.75, 3.05) is 30.7 Å². The van der Waals surface area contributed by atoms with E-state index in [0.717, 1.165) is 37.2 Å². The van der Waals surface area contributed by atoms with Crippen LogP contribution < -0.4 is 4.31 Å². The van der Waals surface area contributed by atoms with Crippen LogP contribution in [0.15, 0.2) is 88.7 Å². The van der Waals surface area contributed by atoms with Crippen LogP contribution in [0.4, 0.5) is 5.69 Å². The summed E-state index contributed by atoms with van der Waals surface area (Å²) in [6.07, 6.45) is 4.99. The number of sulfonamides is 1. The number of nitrogens with zero attached hydrogens (tertiary/aromatic N) is 2. The second-order valence-electron chi connectivity index (χ2n) is 8.62. The molecule has 0 radical (unpaired) electrons. The van der Waals surface area contributed by atoms with Crippen molar-refractivity contribution in [2.24, 2.45) is 5.92 Å². The molecule has 0 saturated carbocycles. The largest absolute Gasteiger partial charge is 0.339 e. The van der Waals surface area contributed by atoms with E-state index in [-0.39, 0.29) is 10.8 Å². The lowest BCUT2D eigenvalue weighted by atomic mass is 9.90. The lowest BCUT2D eigenvalue weighted by molar-refractivity contribution is 0.0690. The van der Waals surface area contributed by atoms with E-state index in [1.165, 1.54) is 16.9 Å². The number of likely N-dealkylation sites (tertiary alicyclic amines) is 1. The van der Waals surface area contributed by atoms with E-state index in [1.54, 1.807) is 60.3 Å². The Balaban J connectivity index is 1.37. The van der Waals surface area contributed by atoms with Crippen molar-refractivity contribution in [1.29, 1.82) is 0 Å². The maximum atomic E-state index is 13.0. The minimum Gasteiger partial charge on any atom is -0.339 e. The Bertz CT molecular complexity index is 1200. The van der Waals surface area contributed by atoms with Gasteiger partial charge in [-0.3, -0.25) is 9.10 Å². The van der Waals surface area contributed by atoms with Crippen molar-refractivity contribution < 1.29 is 13.2 Å². The Labute approximate surface area is 206 Å². The first-order chi connectivity index (χ1) is 16.4. The number of amides is 1. The molecule has 1 amide bonds. The fourth-order valence-corrected chi connectivity index (χ4v) is 5.93.